The first-order valence-corrected chi connectivity index (χ1v) is 10.4. The van der Waals surface area contributed by atoms with Gasteiger partial charge in [-0.25, -0.2) is 4.79 Å². The minimum Gasteiger partial charge on any atom is -0.454 e. The fourth-order valence-electron chi connectivity index (χ4n) is 4.16. The molecule has 0 saturated carbocycles. The van der Waals surface area contributed by atoms with Crippen LogP contribution >= 0.6 is 0 Å². The number of carbonyl (C=O) groups is 1. The predicted octanol–water partition coefficient (Wildman–Crippen LogP) is 3.36. The van der Waals surface area contributed by atoms with E-state index < -0.39 is 5.97 Å². The van der Waals surface area contributed by atoms with Crippen LogP contribution in [0.1, 0.15) is 34.4 Å². The average molecular weight is 427 g/mol. The first-order chi connectivity index (χ1) is 15.5. The topological polar surface area (TPSA) is 91.4 Å². The molecule has 0 amide bonds. The molecule has 0 aliphatic rings. The average Bonchev–Trinajstić information content (AvgIpc) is 3.25. The van der Waals surface area contributed by atoms with E-state index in [0.717, 1.165) is 16.5 Å². The lowest BCUT2D eigenvalue weighted by molar-refractivity contribution is 0.0459. The standard InChI is InChI=1S/C24H21N5O3/c1-4-17-21(14(2)15-9-5-7-11-18(15)25-17)23(31)32-13-20-26-27-24-28(3)22(30)16-10-6-8-12-19(16)29(20)24/h5-12H,4,13H2,1-3H3. The largest absolute Gasteiger partial charge is 0.454 e. The molecule has 0 aliphatic heterocycles. The Hall–Kier alpha value is -4.07. The van der Waals surface area contributed by atoms with E-state index in [1.54, 1.807) is 23.6 Å². The summed E-state index contributed by atoms with van der Waals surface area (Å²) in [5, 5.41) is 9.79. The molecule has 2 aromatic carbocycles. The van der Waals surface area contributed by atoms with Gasteiger partial charge in [0.2, 0.25) is 5.78 Å². The van der Waals surface area contributed by atoms with E-state index in [-0.39, 0.29) is 12.2 Å². The maximum Gasteiger partial charge on any atom is 0.340 e. The molecule has 8 heteroatoms. The summed E-state index contributed by atoms with van der Waals surface area (Å²) >= 11 is 0. The molecule has 8 nitrogen and oxygen atoms in total. The van der Waals surface area contributed by atoms with Crippen molar-refractivity contribution in [3.8, 4) is 0 Å². The Labute approximate surface area is 183 Å². The van der Waals surface area contributed by atoms with E-state index in [4.69, 9.17) is 4.74 Å². The highest BCUT2D eigenvalue weighted by Crippen LogP contribution is 2.24. The molecule has 3 aromatic heterocycles. The van der Waals surface area contributed by atoms with E-state index in [2.05, 4.69) is 15.2 Å². The van der Waals surface area contributed by atoms with E-state index in [1.807, 2.05) is 50.2 Å². The molecule has 160 valence electrons. The van der Waals surface area contributed by atoms with Crippen molar-refractivity contribution in [1.82, 2.24) is 24.1 Å². The van der Waals surface area contributed by atoms with Gasteiger partial charge in [-0.05, 0) is 37.1 Å². The number of aryl methyl sites for hydroxylation is 3. The molecule has 0 unspecified atom stereocenters. The van der Waals surface area contributed by atoms with Gasteiger partial charge in [0.25, 0.3) is 5.56 Å². The molecule has 0 saturated heterocycles. The zero-order valence-electron chi connectivity index (χ0n) is 18.0. The molecule has 0 atom stereocenters. The molecule has 3 heterocycles. The maximum absolute atomic E-state index is 13.1. The summed E-state index contributed by atoms with van der Waals surface area (Å²) in [4.78, 5) is 30.4. The van der Waals surface area contributed by atoms with Crippen LogP contribution in [0.5, 0.6) is 0 Å². The molecule has 0 bridgehead atoms. The first kappa shape index (κ1) is 19.9. The van der Waals surface area contributed by atoms with Crippen molar-refractivity contribution in [2.24, 2.45) is 7.05 Å². The van der Waals surface area contributed by atoms with Gasteiger partial charge in [-0.1, -0.05) is 37.3 Å². The van der Waals surface area contributed by atoms with Crippen LogP contribution in [-0.2, 0) is 24.8 Å². The van der Waals surface area contributed by atoms with Crippen LogP contribution in [0.2, 0.25) is 0 Å². The summed E-state index contributed by atoms with van der Waals surface area (Å²) in [6.45, 7) is 3.79. The molecular weight excluding hydrogens is 406 g/mol. The zero-order chi connectivity index (χ0) is 22.4. The second kappa shape index (κ2) is 7.56. The highest BCUT2D eigenvalue weighted by molar-refractivity contribution is 5.98. The van der Waals surface area contributed by atoms with Crippen LogP contribution in [0, 0.1) is 6.92 Å². The Kier molecular flexibility index (Phi) is 4.70. The Morgan fingerprint density at radius 1 is 1.03 bits per heavy atom. The third kappa shape index (κ3) is 2.95. The quantitative estimate of drug-likeness (QED) is 0.409. The summed E-state index contributed by atoms with van der Waals surface area (Å²) in [5.41, 5.74) is 3.39. The summed E-state index contributed by atoms with van der Waals surface area (Å²) < 4.78 is 8.87. The summed E-state index contributed by atoms with van der Waals surface area (Å²) in [5.74, 6) is 0.366. The minimum atomic E-state index is -0.455. The van der Waals surface area contributed by atoms with E-state index >= 15 is 0 Å². The minimum absolute atomic E-state index is 0.0857. The lowest BCUT2D eigenvalue weighted by Gasteiger charge is -2.13. The number of fused-ring (bicyclic) bond motifs is 4. The number of aromatic nitrogens is 5. The monoisotopic (exact) mass is 427 g/mol. The van der Waals surface area contributed by atoms with Crippen LogP contribution in [0.25, 0.3) is 27.6 Å². The Balaban J connectivity index is 1.56. The number of para-hydroxylation sites is 2. The smallest absolute Gasteiger partial charge is 0.340 e. The van der Waals surface area contributed by atoms with Gasteiger partial charge in [0.05, 0.1) is 27.7 Å². The molecule has 0 spiro atoms. The van der Waals surface area contributed by atoms with Gasteiger partial charge in [0.15, 0.2) is 12.4 Å². The van der Waals surface area contributed by atoms with Crippen molar-refractivity contribution in [3.05, 3.63) is 81.5 Å². The first-order valence-electron chi connectivity index (χ1n) is 10.4. The number of benzene rings is 2. The summed E-state index contributed by atoms with van der Waals surface area (Å²) in [7, 11) is 1.65. The van der Waals surface area contributed by atoms with Crippen LogP contribution in [-0.4, -0.2) is 30.1 Å². The summed E-state index contributed by atoms with van der Waals surface area (Å²) in [6, 6.07) is 15.0. The maximum atomic E-state index is 13.1. The number of hydrogen-bond acceptors (Lipinski definition) is 6. The lowest BCUT2D eigenvalue weighted by atomic mass is 10.0. The van der Waals surface area contributed by atoms with Crippen molar-refractivity contribution in [1.29, 1.82) is 0 Å². The van der Waals surface area contributed by atoms with Crippen LogP contribution in [0.3, 0.4) is 0 Å². The number of esters is 1. The van der Waals surface area contributed by atoms with Crippen LogP contribution in [0.4, 0.5) is 0 Å². The van der Waals surface area contributed by atoms with Gasteiger partial charge in [0, 0.05) is 12.4 Å². The highest BCUT2D eigenvalue weighted by Gasteiger charge is 2.21. The Morgan fingerprint density at radius 3 is 2.53 bits per heavy atom. The number of pyridine rings is 1. The fourth-order valence-corrected chi connectivity index (χ4v) is 4.16. The highest BCUT2D eigenvalue weighted by atomic mass is 16.5. The third-order valence-electron chi connectivity index (χ3n) is 5.79. The number of hydrogen-bond donors (Lipinski definition) is 0. The van der Waals surface area contributed by atoms with E-state index in [0.29, 0.717) is 40.2 Å². The molecule has 0 N–H and O–H groups in total. The van der Waals surface area contributed by atoms with Crippen molar-refractivity contribution < 1.29 is 9.53 Å². The molecule has 5 aromatic rings. The van der Waals surface area contributed by atoms with Gasteiger partial charge in [-0.15, -0.1) is 10.2 Å². The second-order valence-corrected chi connectivity index (χ2v) is 7.64. The van der Waals surface area contributed by atoms with Crippen molar-refractivity contribution in [3.63, 3.8) is 0 Å². The van der Waals surface area contributed by atoms with Crippen molar-refractivity contribution >= 4 is 33.6 Å². The zero-order valence-corrected chi connectivity index (χ0v) is 18.0. The molecular formula is C24H21N5O3. The number of nitrogens with zero attached hydrogens (tertiary/aromatic N) is 5. The van der Waals surface area contributed by atoms with E-state index in [9.17, 15) is 9.59 Å². The van der Waals surface area contributed by atoms with Crippen LogP contribution < -0.4 is 5.56 Å². The fraction of sp³-hybridized carbons (Fsp3) is 0.208. The lowest BCUT2D eigenvalue weighted by Crippen LogP contribution is -2.20. The van der Waals surface area contributed by atoms with Crippen LogP contribution in [0.15, 0.2) is 53.3 Å². The molecule has 0 fully saturated rings. The SMILES string of the molecule is CCc1nc2ccccc2c(C)c1C(=O)OCc1nnc2n(C)c(=O)c3ccccc3n12. The van der Waals surface area contributed by atoms with E-state index in [1.165, 1.54) is 4.57 Å². The molecule has 5 rings (SSSR count). The molecule has 32 heavy (non-hydrogen) atoms. The molecule has 0 radical (unpaired) electrons. The Morgan fingerprint density at radius 2 is 1.75 bits per heavy atom. The van der Waals surface area contributed by atoms with Crippen molar-refractivity contribution in [2.45, 2.75) is 26.9 Å². The van der Waals surface area contributed by atoms with Crippen molar-refractivity contribution in [2.75, 3.05) is 0 Å². The van der Waals surface area contributed by atoms with Gasteiger partial charge in [-0.3, -0.25) is 18.7 Å². The van der Waals surface area contributed by atoms with Gasteiger partial charge >= 0.3 is 5.97 Å². The second-order valence-electron chi connectivity index (χ2n) is 7.64. The predicted molar refractivity (Wildman–Crippen MR) is 121 cm³/mol. The van der Waals surface area contributed by atoms with Gasteiger partial charge < -0.3 is 4.74 Å². The Bertz CT molecular complexity index is 1580. The van der Waals surface area contributed by atoms with Gasteiger partial charge in [-0.2, -0.15) is 0 Å². The number of ether oxygens (including phenoxy) is 1. The summed E-state index contributed by atoms with van der Waals surface area (Å²) in [6.07, 6.45) is 0.608. The normalized spacial score (nSPS) is 11.5. The number of carbonyl (C=O) groups excluding carboxylic acids is 1. The number of rotatable bonds is 4. The van der Waals surface area contributed by atoms with Gasteiger partial charge in [0.1, 0.15) is 0 Å². The molecule has 0 aliphatic carbocycles. The third-order valence-corrected chi connectivity index (χ3v) is 5.79.